The molecule has 0 atom stereocenters. The summed E-state index contributed by atoms with van der Waals surface area (Å²) in [5.74, 6) is 0. The SMILES string of the molecule is Cc1ccc(-c2ccc3cc(-c4ccc(-c5cccc6c5sc5ncccc56)cc4)ccc3c2)cc1. The van der Waals surface area contributed by atoms with E-state index < -0.39 is 0 Å². The minimum atomic E-state index is 1.10. The lowest BCUT2D eigenvalue weighted by Crippen LogP contribution is -1.83. The van der Waals surface area contributed by atoms with Gasteiger partial charge in [-0.3, -0.25) is 0 Å². The summed E-state index contributed by atoms with van der Waals surface area (Å²) in [5.41, 5.74) is 8.77. The first-order chi connectivity index (χ1) is 17.7. The molecule has 2 heteroatoms. The van der Waals surface area contributed by atoms with Crippen molar-refractivity contribution in [3.05, 3.63) is 127 Å². The van der Waals surface area contributed by atoms with Crippen molar-refractivity contribution < 1.29 is 0 Å². The summed E-state index contributed by atoms with van der Waals surface area (Å²) in [7, 11) is 0. The molecule has 0 aliphatic heterocycles. The van der Waals surface area contributed by atoms with Crippen LogP contribution >= 0.6 is 11.3 Å². The molecule has 0 N–H and O–H groups in total. The standard InChI is InChI=1S/C34H23NS/c1-22-7-9-23(10-8-22)26-15-17-29-21-27(16-18-28(29)20-26)24-11-13-25(14-12-24)30-4-2-5-31-32-6-3-19-35-34(32)36-33(30)31/h2-21H,1H3. The molecule has 0 fully saturated rings. The lowest BCUT2D eigenvalue weighted by molar-refractivity contribution is 1.45. The van der Waals surface area contributed by atoms with E-state index in [1.807, 2.05) is 12.3 Å². The van der Waals surface area contributed by atoms with Crippen LogP contribution in [-0.4, -0.2) is 4.98 Å². The first-order valence-corrected chi connectivity index (χ1v) is 13.0. The van der Waals surface area contributed by atoms with E-state index in [2.05, 4.69) is 121 Å². The highest BCUT2D eigenvalue weighted by Gasteiger charge is 2.11. The van der Waals surface area contributed by atoms with E-state index in [1.165, 1.54) is 65.2 Å². The molecule has 2 heterocycles. The van der Waals surface area contributed by atoms with Crippen LogP contribution in [0.1, 0.15) is 5.56 Å². The topological polar surface area (TPSA) is 12.9 Å². The highest BCUT2D eigenvalue weighted by Crippen LogP contribution is 2.39. The van der Waals surface area contributed by atoms with E-state index in [1.54, 1.807) is 11.3 Å². The first kappa shape index (κ1) is 21.0. The molecule has 7 aromatic rings. The summed E-state index contributed by atoms with van der Waals surface area (Å²) < 4.78 is 1.30. The predicted molar refractivity (Wildman–Crippen MR) is 156 cm³/mol. The second-order valence-corrected chi connectivity index (χ2v) is 10.4. The van der Waals surface area contributed by atoms with Crippen molar-refractivity contribution in [1.82, 2.24) is 4.98 Å². The van der Waals surface area contributed by atoms with Gasteiger partial charge in [0.15, 0.2) is 0 Å². The Kier molecular flexibility index (Phi) is 4.93. The Balaban J connectivity index is 1.23. The number of aryl methyl sites for hydroxylation is 1. The number of pyridine rings is 1. The van der Waals surface area contributed by atoms with E-state index >= 15 is 0 Å². The molecule has 0 unspecified atom stereocenters. The number of fused-ring (bicyclic) bond motifs is 4. The van der Waals surface area contributed by atoms with Crippen molar-refractivity contribution in [2.45, 2.75) is 6.92 Å². The summed E-state index contributed by atoms with van der Waals surface area (Å²) in [6.45, 7) is 2.13. The molecule has 1 nitrogen and oxygen atoms in total. The van der Waals surface area contributed by atoms with Gasteiger partial charge in [-0.2, -0.15) is 0 Å². The average Bonchev–Trinajstić information content (AvgIpc) is 3.32. The van der Waals surface area contributed by atoms with Crippen LogP contribution in [0.25, 0.3) is 64.5 Å². The number of thiophene rings is 1. The maximum atomic E-state index is 4.58. The lowest BCUT2D eigenvalue weighted by atomic mass is 9.96. The normalized spacial score (nSPS) is 11.5. The van der Waals surface area contributed by atoms with Crippen LogP contribution in [-0.2, 0) is 0 Å². The Bertz CT molecular complexity index is 1880. The summed E-state index contributed by atoms with van der Waals surface area (Å²) in [4.78, 5) is 5.67. The minimum absolute atomic E-state index is 1.10. The molecule has 0 radical (unpaired) electrons. The molecule has 0 aliphatic carbocycles. The number of nitrogens with zero attached hydrogens (tertiary/aromatic N) is 1. The molecular formula is C34H23NS. The van der Waals surface area contributed by atoms with E-state index in [0.717, 1.165) is 4.83 Å². The third kappa shape index (κ3) is 3.59. The second kappa shape index (κ2) is 8.44. The Morgan fingerprint density at radius 2 is 1.11 bits per heavy atom. The number of rotatable bonds is 3. The lowest BCUT2D eigenvalue weighted by Gasteiger charge is -2.09. The zero-order valence-electron chi connectivity index (χ0n) is 19.9. The number of hydrogen-bond donors (Lipinski definition) is 0. The number of benzene rings is 5. The molecule has 0 saturated heterocycles. The van der Waals surface area contributed by atoms with Crippen molar-refractivity contribution in [1.29, 1.82) is 0 Å². The van der Waals surface area contributed by atoms with Gasteiger partial charge >= 0.3 is 0 Å². The third-order valence-corrected chi connectivity index (χ3v) is 8.19. The van der Waals surface area contributed by atoms with Crippen LogP contribution in [0, 0.1) is 6.92 Å². The highest BCUT2D eigenvalue weighted by molar-refractivity contribution is 7.26. The molecule has 0 aliphatic rings. The molecule has 7 rings (SSSR count). The van der Waals surface area contributed by atoms with Gasteiger partial charge in [0, 0.05) is 21.7 Å². The predicted octanol–water partition coefficient (Wildman–Crippen LogP) is 9.91. The molecular weight excluding hydrogens is 454 g/mol. The van der Waals surface area contributed by atoms with Crippen molar-refractivity contribution >= 4 is 42.4 Å². The Labute approximate surface area is 214 Å². The monoisotopic (exact) mass is 477 g/mol. The van der Waals surface area contributed by atoms with Gasteiger partial charge in [-0.25, -0.2) is 4.98 Å². The van der Waals surface area contributed by atoms with Crippen molar-refractivity contribution in [3.63, 3.8) is 0 Å². The van der Waals surface area contributed by atoms with Crippen LogP contribution < -0.4 is 0 Å². The van der Waals surface area contributed by atoms with Crippen molar-refractivity contribution in [3.8, 4) is 33.4 Å². The zero-order valence-corrected chi connectivity index (χ0v) is 20.7. The molecule has 2 aromatic heterocycles. The number of hydrogen-bond acceptors (Lipinski definition) is 2. The fourth-order valence-electron chi connectivity index (χ4n) is 5.05. The smallest absolute Gasteiger partial charge is 0.124 e. The molecule has 5 aromatic carbocycles. The minimum Gasteiger partial charge on any atom is -0.245 e. The van der Waals surface area contributed by atoms with Gasteiger partial charge in [-0.15, -0.1) is 11.3 Å². The zero-order chi connectivity index (χ0) is 24.1. The Hall–Kier alpha value is -4.27. The summed E-state index contributed by atoms with van der Waals surface area (Å²) in [6, 6.07) is 42.0. The van der Waals surface area contributed by atoms with Crippen LogP contribution in [0.3, 0.4) is 0 Å². The van der Waals surface area contributed by atoms with Crippen LogP contribution in [0.5, 0.6) is 0 Å². The third-order valence-electron chi connectivity index (χ3n) is 7.03. The number of aromatic nitrogens is 1. The van der Waals surface area contributed by atoms with Gasteiger partial charge in [0.25, 0.3) is 0 Å². The van der Waals surface area contributed by atoms with Crippen LogP contribution in [0.15, 0.2) is 121 Å². The van der Waals surface area contributed by atoms with Crippen LogP contribution in [0.4, 0.5) is 0 Å². The van der Waals surface area contributed by atoms with E-state index in [0.29, 0.717) is 0 Å². The fourth-order valence-corrected chi connectivity index (χ4v) is 6.23. The molecule has 170 valence electrons. The molecule has 0 amide bonds. The van der Waals surface area contributed by atoms with E-state index in [9.17, 15) is 0 Å². The van der Waals surface area contributed by atoms with E-state index in [-0.39, 0.29) is 0 Å². The summed E-state index contributed by atoms with van der Waals surface area (Å²) >= 11 is 1.77. The van der Waals surface area contributed by atoms with Gasteiger partial charge in [0.1, 0.15) is 4.83 Å². The van der Waals surface area contributed by atoms with Gasteiger partial charge in [-0.1, -0.05) is 96.6 Å². The van der Waals surface area contributed by atoms with E-state index in [4.69, 9.17) is 0 Å². The van der Waals surface area contributed by atoms with Gasteiger partial charge in [0.2, 0.25) is 0 Å². The maximum absolute atomic E-state index is 4.58. The fraction of sp³-hybridized carbons (Fsp3) is 0.0294. The molecule has 36 heavy (non-hydrogen) atoms. The largest absolute Gasteiger partial charge is 0.245 e. The van der Waals surface area contributed by atoms with Crippen molar-refractivity contribution in [2.24, 2.45) is 0 Å². The Morgan fingerprint density at radius 3 is 1.81 bits per heavy atom. The van der Waals surface area contributed by atoms with Crippen molar-refractivity contribution in [2.75, 3.05) is 0 Å². The van der Waals surface area contributed by atoms with Gasteiger partial charge < -0.3 is 0 Å². The second-order valence-electron chi connectivity index (χ2n) is 9.36. The summed E-state index contributed by atoms with van der Waals surface area (Å²) in [6.07, 6.45) is 1.87. The first-order valence-electron chi connectivity index (χ1n) is 12.2. The average molecular weight is 478 g/mol. The molecule has 0 bridgehead atoms. The maximum Gasteiger partial charge on any atom is 0.124 e. The van der Waals surface area contributed by atoms with Crippen LogP contribution in [0.2, 0.25) is 0 Å². The molecule has 0 spiro atoms. The molecule has 0 saturated carbocycles. The van der Waals surface area contributed by atoms with Gasteiger partial charge in [0.05, 0.1) is 0 Å². The summed E-state index contributed by atoms with van der Waals surface area (Å²) in [5, 5.41) is 5.04. The highest BCUT2D eigenvalue weighted by atomic mass is 32.1. The Morgan fingerprint density at radius 1 is 0.528 bits per heavy atom. The quantitative estimate of drug-likeness (QED) is 0.247. The van der Waals surface area contributed by atoms with Gasteiger partial charge in [-0.05, 0) is 75.3 Å².